The summed E-state index contributed by atoms with van der Waals surface area (Å²) in [5.74, 6) is -0.640. The van der Waals surface area contributed by atoms with Crippen LogP contribution in [0.15, 0.2) is 42.5 Å². The average molecular weight is 339 g/mol. The predicted molar refractivity (Wildman–Crippen MR) is 93.5 cm³/mol. The van der Waals surface area contributed by atoms with Crippen LogP contribution in [0.25, 0.3) is 0 Å². The topological polar surface area (TPSA) is 92.6 Å². The number of hydrogen-bond acceptors (Lipinski definition) is 5. The summed E-state index contributed by atoms with van der Waals surface area (Å²) < 4.78 is 0. The number of hydrogen-bond donors (Lipinski definition) is 1. The molecule has 3 rings (SSSR count). The first kappa shape index (κ1) is 16.6. The molecule has 0 aliphatic carbocycles. The Balaban J connectivity index is 1.87. The Bertz CT molecular complexity index is 858. The molecule has 1 saturated heterocycles. The largest absolute Gasteiger partial charge is 0.373 e. The second-order valence-electron chi connectivity index (χ2n) is 6.02. The van der Waals surface area contributed by atoms with Crippen molar-refractivity contribution in [3.05, 3.63) is 63.7 Å². The molecule has 1 aliphatic heterocycles. The number of nitrogens with one attached hydrogen (secondary N) is 1. The first-order valence-corrected chi connectivity index (χ1v) is 7.82. The van der Waals surface area contributed by atoms with E-state index in [0.717, 1.165) is 11.1 Å². The van der Waals surface area contributed by atoms with Crippen LogP contribution in [0.2, 0.25) is 0 Å². The van der Waals surface area contributed by atoms with Crippen molar-refractivity contribution in [3.63, 3.8) is 0 Å². The maximum Gasteiger partial charge on any atom is 0.271 e. The van der Waals surface area contributed by atoms with Crippen molar-refractivity contribution in [2.24, 2.45) is 0 Å². The zero-order chi connectivity index (χ0) is 18.1. The van der Waals surface area contributed by atoms with E-state index in [2.05, 4.69) is 5.32 Å². The van der Waals surface area contributed by atoms with Gasteiger partial charge in [0.2, 0.25) is 5.91 Å². The van der Waals surface area contributed by atoms with Crippen molar-refractivity contribution in [1.82, 2.24) is 0 Å². The molecule has 25 heavy (non-hydrogen) atoms. The molecule has 128 valence electrons. The van der Waals surface area contributed by atoms with Gasteiger partial charge in [-0.15, -0.1) is 0 Å². The smallest absolute Gasteiger partial charge is 0.271 e. The Morgan fingerprint density at radius 3 is 2.40 bits per heavy atom. The number of carbonyl (C=O) groups excluding carboxylic acids is 2. The van der Waals surface area contributed by atoms with Crippen LogP contribution in [-0.4, -0.2) is 22.8 Å². The zero-order valence-corrected chi connectivity index (χ0v) is 13.9. The van der Waals surface area contributed by atoms with Crippen LogP contribution in [0.3, 0.4) is 0 Å². The number of nitro benzene ring substituents is 1. The minimum absolute atomic E-state index is 0.00923. The highest BCUT2D eigenvalue weighted by Crippen LogP contribution is 2.31. The number of benzene rings is 2. The third-order valence-corrected chi connectivity index (χ3v) is 4.21. The number of aryl methyl sites for hydroxylation is 2. The van der Waals surface area contributed by atoms with Gasteiger partial charge in [-0.1, -0.05) is 24.3 Å². The predicted octanol–water partition coefficient (Wildman–Crippen LogP) is 2.96. The Labute approximate surface area is 144 Å². The minimum atomic E-state index is -0.742. The monoisotopic (exact) mass is 339 g/mol. The molecular weight excluding hydrogens is 322 g/mol. The van der Waals surface area contributed by atoms with Crippen LogP contribution in [-0.2, 0) is 9.59 Å². The van der Waals surface area contributed by atoms with Gasteiger partial charge in [-0.05, 0) is 31.0 Å². The SMILES string of the molecule is Cc1cccc(C)c1N1C(=O)CC(Nc2cccc([N+](=O)[O-])c2)C1=O. The second-order valence-corrected chi connectivity index (χ2v) is 6.02. The number of nitro groups is 1. The van der Waals surface area contributed by atoms with Gasteiger partial charge in [0.25, 0.3) is 11.6 Å². The van der Waals surface area contributed by atoms with E-state index in [4.69, 9.17) is 0 Å². The third kappa shape index (κ3) is 3.08. The molecule has 1 aliphatic rings. The number of para-hydroxylation sites is 1. The van der Waals surface area contributed by atoms with E-state index in [0.29, 0.717) is 11.4 Å². The van der Waals surface area contributed by atoms with Gasteiger partial charge >= 0.3 is 0 Å². The first-order valence-electron chi connectivity index (χ1n) is 7.82. The lowest BCUT2D eigenvalue weighted by Gasteiger charge is -2.20. The summed E-state index contributed by atoms with van der Waals surface area (Å²) in [4.78, 5) is 36.7. The van der Waals surface area contributed by atoms with Gasteiger partial charge in [-0.25, -0.2) is 4.90 Å². The highest BCUT2D eigenvalue weighted by atomic mass is 16.6. The minimum Gasteiger partial charge on any atom is -0.373 e. The van der Waals surface area contributed by atoms with Gasteiger partial charge < -0.3 is 5.32 Å². The van der Waals surface area contributed by atoms with Crippen LogP contribution >= 0.6 is 0 Å². The molecule has 2 aromatic rings. The van der Waals surface area contributed by atoms with Gasteiger partial charge in [0, 0.05) is 17.8 Å². The zero-order valence-electron chi connectivity index (χ0n) is 13.9. The van der Waals surface area contributed by atoms with Gasteiger partial charge in [-0.3, -0.25) is 19.7 Å². The number of non-ortho nitro benzene ring substituents is 1. The molecular formula is C18H17N3O4. The van der Waals surface area contributed by atoms with Crippen molar-refractivity contribution in [2.75, 3.05) is 10.2 Å². The molecule has 1 fully saturated rings. The molecule has 0 spiro atoms. The molecule has 2 aromatic carbocycles. The van der Waals surface area contributed by atoms with Crippen LogP contribution in [0.1, 0.15) is 17.5 Å². The molecule has 0 aromatic heterocycles. The second kappa shape index (κ2) is 6.35. The Hall–Kier alpha value is -3.22. The average Bonchev–Trinajstić information content (AvgIpc) is 2.82. The Kier molecular flexibility index (Phi) is 4.22. The summed E-state index contributed by atoms with van der Waals surface area (Å²) in [6.07, 6.45) is 0.00923. The standard InChI is InChI=1S/C18H17N3O4/c1-11-5-3-6-12(2)17(11)20-16(22)10-15(18(20)23)19-13-7-4-8-14(9-13)21(24)25/h3-9,15,19H,10H2,1-2H3. The van der Waals surface area contributed by atoms with Crippen molar-refractivity contribution < 1.29 is 14.5 Å². The summed E-state index contributed by atoms with van der Waals surface area (Å²) in [5.41, 5.74) is 2.66. The maximum absolute atomic E-state index is 12.8. The summed E-state index contributed by atoms with van der Waals surface area (Å²) in [5, 5.41) is 13.8. The molecule has 2 amide bonds. The maximum atomic E-state index is 12.8. The third-order valence-electron chi connectivity index (χ3n) is 4.21. The molecule has 0 saturated carbocycles. The first-order chi connectivity index (χ1) is 11.9. The van der Waals surface area contributed by atoms with Crippen molar-refractivity contribution in [2.45, 2.75) is 26.3 Å². The lowest BCUT2D eigenvalue weighted by atomic mass is 10.1. The fraction of sp³-hybridized carbons (Fsp3) is 0.222. The van der Waals surface area contributed by atoms with E-state index < -0.39 is 11.0 Å². The molecule has 0 bridgehead atoms. The highest BCUT2D eigenvalue weighted by Gasteiger charge is 2.40. The summed E-state index contributed by atoms with van der Waals surface area (Å²) in [6, 6.07) is 10.7. The van der Waals surface area contributed by atoms with Crippen LogP contribution in [0.4, 0.5) is 17.1 Å². The Morgan fingerprint density at radius 1 is 1.12 bits per heavy atom. The fourth-order valence-electron chi connectivity index (χ4n) is 3.05. The van der Waals surface area contributed by atoms with E-state index >= 15 is 0 Å². The van der Waals surface area contributed by atoms with Gasteiger partial charge in [0.1, 0.15) is 6.04 Å². The number of imide groups is 1. The Morgan fingerprint density at radius 2 is 1.76 bits per heavy atom. The molecule has 1 atom stereocenters. The molecule has 7 heteroatoms. The van der Waals surface area contributed by atoms with E-state index in [1.165, 1.54) is 23.1 Å². The number of nitrogens with zero attached hydrogens (tertiary/aromatic N) is 2. The summed E-state index contributed by atoms with van der Waals surface area (Å²) >= 11 is 0. The normalized spacial score (nSPS) is 17.0. The number of anilines is 2. The fourth-order valence-corrected chi connectivity index (χ4v) is 3.05. The van der Waals surface area contributed by atoms with Gasteiger partial charge in [-0.2, -0.15) is 0 Å². The van der Waals surface area contributed by atoms with Gasteiger partial charge in [0.15, 0.2) is 0 Å². The van der Waals surface area contributed by atoms with E-state index in [1.807, 2.05) is 32.0 Å². The van der Waals surface area contributed by atoms with Crippen molar-refractivity contribution in [3.8, 4) is 0 Å². The van der Waals surface area contributed by atoms with Crippen LogP contribution in [0, 0.1) is 24.0 Å². The molecule has 0 radical (unpaired) electrons. The lowest BCUT2D eigenvalue weighted by Crippen LogP contribution is -2.35. The number of amides is 2. The van der Waals surface area contributed by atoms with Crippen molar-refractivity contribution in [1.29, 1.82) is 0 Å². The van der Waals surface area contributed by atoms with E-state index in [1.54, 1.807) is 6.07 Å². The van der Waals surface area contributed by atoms with Crippen LogP contribution < -0.4 is 10.2 Å². The van der Waals surface area contributed by atoms with Crippen molar-refractivity contribution >= 4 is 28.9 Å². The summed E-state index contributed by atoms with van der Waals surface area (Å²) in [7, 11) is 0. The van der Waals surface area contributed by atoms with E-state index in [-0.39, 0.29) is 23.9 Å². The summed E-state index contributed by atoms with van der Waals surface area (Å²) in [6.45, 7) is 3.70. The molecule has 1 heterocycles. The molecule has 1 N–H and O–H groups in total. The molecule has 1 unspecified atom stereocenters. The van der Waals surface area contributed by atoms with Gasteiger partial charge in [0.05, 0.1) is 17.0 Å². The van der Waals surface area contributed by atoms with Crippen LogP contribution in [0.5, 0.6) is 0 Å². The number of carbonyl (C=O) groups is 2. The van der Waals surface area contributed by atoms with E-state index in [9.17, 15) is 19.7 Å². The molecule has 7 nitrogen and oxygen atoms in total. The lowest BCUT2D eigenvalue weighted by molar-refractivity contribution is -0.384. The highest BCUT2D eigenvalue weighted by molar-refractivity contribution is 6.23. The quantitative estimate of drug-likeness (QED) is 0.525. The number of rotatable bonds is 4.